The number of benzene rings is 1. The van der Waals surface area contributed by atoms with Crippen molar-refractivity contribution in [2.24, 2.45) is 0 Å². The van der Waals surface area contributed by atoms with Crippen molar-refractivity contribution in [2.45, 2.75) is 6.54 Å². The Labute approximate surface area is 125 Å². The van der Waals surface area contributed by atoms with E-state index in [9.17, 15) is 14.7 Å². The number of carbonyl (C=O) groups is 2. The Hall–Kier alpha value is -2.60. The predicted octanol–water partition coefficient (Wildman–Crippen LogP) is 2.07. The molecule has 1 amide bonds. The first-order chi connectivity index (χ1) is 9.97. The van der Waals surface area contributed by atoms with Crippen LogP contribution in [0.4, 0.5) is 0 Å². The fourth-order valence-electron chi connectivity index (χ4n) is 1.66. The standard InChI is InChI=1S/C14H11ClN2O4/c15-9-1-2-12(18)11(6-9)13(19)17-7-10-5-8(14(20)21)3-4-16-10/h1-6,18H,7H2,(H,17,19)(H,20,21). The van der Waals surface area contributed by atoms with Crippen molar-refractivity contribution in [1.82, 2.24) is 10.3 Å². The minimum atomic E-state index is -1.07. The molecule has 0 aliphatic carbocycles. The van der Waals surface area contributed by atoms with Gasteiger partial charge in [0.25, 0.3) is 5.91 Å². The molecule has 0 fully saturated rings. The zero-order valence-electron chi connectivity index (χ0n) is 10.7. The van der Waals surface area contributed by atoms with Crippen LogP contribution in [0.3, 0.4) is 0 Å². The number of rotatable bonds is 4. The molecule has 0 spiro atoms. The topological polar surface area (TPSA) is 99.5 Å². The van der Waals surface area contributed by atoms with E-state index in [-0.39, 0.29) is 23.4 Å². The molecule has 0 radical (unpaired) electrons. The molecule has 0 saturated carbocycles. The normalized spacial score (nSPS) is 10.1. The van der Waals surface area contributed by atoms with Gasteiger partial charge >= 0.3 is 5.97 Å². The number of nitrogens with one attached hydrogen (secondary N) is 1. The number of amides is 1. The zero-order valence-corrected chi connectivity index (χ0v) is 11.5. The van der Waals surface area contributed by atoms with Crippen molar-refractivity contribution in [2.75, 3.05) is 0 Å². The summed E-state index contributed by atoms with van der Waals surface area (Å²) in [7, 11) is 0. The summed E-state index contributed by atoms with van der Waals surface area (Å²) in [6.45, 7) is 0.0336. The number of nitrogens with zero attached hydrogens (tertiary/aromatic N) is 1. The molecule has 0 atom stereocenters. The van der Waals surface area contributed by atoms with E-state index in [0.717, 1.165) is 0 Å². The largest absolute Gasteiger partial charge is 0.507 e. The van der Waals surface area contributed by atoms with Crippen molar-refractivity contribution < 1.29 is 19.8 Å². The lowest BCUT2D eigenvalue weighted by molar-refractivity contribution is 0.0696. The number of aromatic nitrogens is 1. The van der Waals surface area contributed by atoms with E-state index in [1.807, 2.05) is 0 Å². The summed E-state index contributed by atoms with van der Waals surface area (Å²) < 4.78 is 0. The molecule has 21 heavy (non-hydrogen) atoms. The molecule has 0 aliphatic rings. The molecule has 2 rings (SSSR count). The third-order valence-electron chi connectivity index (χ3n) is 2.70. The average Bonchev–Trinajstić information content (AvgIpc) is 2.47. The highest BCUT2D eigenvalue weighted by Gasteiger charge is 2.12. The van der Waals surface area contributed by atoms with Crippen molar-refractivity contribution in [3.8, 4) is 5.75 Å². The molecule has 7 heteroatoms. The van der Waals surface area contributed by atoms with Crippen molar-refractivity contribution in [3.05, 3.63) is 58.4 Å². The molecule has 0 bridgehead atoms. The first kappa shape index (κ1) is 14.8. The maximum absolute atomic E-state index is 11.9. The van der Waals surface area contributed by atoms with Crippen LogP contribution in [-0.2, 0) is 6.54 Å². The quantitative estimate of drug-likeness (QED) is 0.803. The molecule has 1 aromatic heterocycles. The molecular formula is C14H11ClN2O4. The van der Waals surface area contributed by atoms with Gasteiger partial charge in [-0.3, -0.25) is 9.78 Å². The van der Waals surface area contributed by atoms with Crippen LogP contribution in [-0.4, -0.2) is 27.1 Å². The summed E-state index contributed by atoms with van der Waals surface area (Å²) >= 11 is 5.76. The average molecular weight is 307 g/mol. The molecule has 1 aromatic carbocycles. The highest BCUT2D eigenvalue weighted by atomic mass is 35.5. The number of carbonyl (C=O) groups excluding carboxylic acids is 1. The van der Waals surface area contributed by atoms with Gasteiger partial charge in [-0.15, -0.1) is 0 Å². The number of halogens is 1. The molecule has 0 saturated heterocycles. The third kappa shape index (κ3) is 3.70. The maximum Gasteiger partial charge on any atom is 0.335 e. The van der Waals surface area contributed by atoms with Crippen molar-refractivity contribution in [1.29, 1.82) is 0 Å². The molecule has 6 nitrogen and oxygen atoms in total. The van der Waals surface area contributed by atoms with Crippen LogP contribution in [0.25, 0.3) is 0 Å². The minimum Gasteiger partial charge on any atom is -0.507 e. The van der Waals surface area contributed by atoms with Gasteiger partial charge in [0, 0.05) is 11.2 Å². The fraction of sp³-hybridized carbons (Fsp3) is 0.0714. The molecule has 0 aliphatic heterocycles. The summed E-state index contributed by atoms with van der Waals surface area (Å²) in [6.07, 6.45) is 1.35. The van der Waals surface area contributed by atoms with E-state index in [0.29, 0.717) is 10.7 Å². The smallest absolute Gasteiger partial charge is 0.335 e. The number of aromatic carboxylic acids is 1. The SMILES string of the molecule is O=C(O)c1ccnc(CNC(=O)c2cc(Cl)ccc2O)c1. The van der Waals surface area contributed by atoms with Gasteiger partial charge in [-0.25, -0.2) is 4.79 Å². The van der Waals surface area contributed by atoms with Gasteiger partial charge < -0.3 is 15.5 Å². The fourth-order valence-corrected chi connectivity index (χ4v) is 1.84. The highest BCUT2D eigenvalue weighted by Crippen LogP contribution is 2.21. The summed E-state index contributed by atoms with van der Waals surface area (Å²) in [5.74, 6) is -1.79. The van der Waals surface area contributed by atoms with Crippen LogP contribution in [0.2, 0.25) is 5.02 Å². The summed E-state index contributed by atoms with van der Waals surface area (Å²) in [4.78, 5) is 26.7. The van der Waals surface area contributed by atoms with Crippen LogP contribution in [0.1, 0.15) is 26.4 Å². The summed E-state index contributed by atoms with van der Waals surface area (Å²) in [5, 5.41) is 21.3. The van der Waals surface area contributed by atoms with Gasteiger partial charge in [-0.1, -0.05) is 11.6 Å². The monoisotopic (exact) mass is 306 g/mol. The van der Waals surface area contributed by atoms with Gasteiger partial charge in [0.1, 0.15) is 5.75 Å². The number of phenolic OH excluding ortho intramolecular Hbond substituents is 1. The molecular weight excluding hydrogens is 296 g/mol. The molecule has 1 heterocycles. The molecule has 0 unspecified atom stereocenters. The number of carboxylic acid groups (broad SMARTS) is 1. The Morgan fingerprint density at radius 2 is 2.00 bits per heavy atom. The number of pyridine rings is 1. The number of phenols is 1. The van der Waals surface area contributed by atoms with E-state index >= 15 is 0 Å². The van der Waals surface area contributed by atoms with Crippen molar-refractivity contribution >= 4 is 23.5 Å². The van der Waals surface area contributed by atoms with Gasteiger partial charge in [-0.05, 0) is 30.3 Å². The maximum atomic E-state index is 11.9. The van der Waals surface area contributed by atoms with Crippen LogP contribution in [0.5, 0.6) is 5.75 Å². The Kier molecular flexibility index (Phi) is 4.39. The second-order valence-corrected chi connectivity index (χ2v) is 4.62. The first-order valence-corrected chi connectivity index (χ1v) is 6.30. The second kappa shape index (κ2) is 6.23. The number of hydrogen-bond donors (Lipinski definition) is 3. The van der Waals surface area contributed by atoms with Crippen LogP contribution in [0, 0.1) is 0 Å². The number of hydrogen-bond acceptors (Lipinski definition) is 4. The first-order valence-electron chi connectivity index (χ1n) is 5.92. The molecule has 2 aromatic rings. The van der Waals surface area contributed by atoms with Gasteiger partial charge in [-0.2, -0.15) is 0 Å². The van der Waals surface area contributed by atoms with Crippen LogP contribution >= 0.6 is 11.6 Å². The van der Waals surface area contributed by atoms with Gasteiger partial charge in [0.05, 0.1) is 23.4 Å². The molecule has 3 N–H and O–H groups in total. The van der Waals surface area contributed by atoms with E-state index in [2.05, 4.69) is 10.3 Å². The lowest BCUT2D eigenvalue weighted by Gasteiger charge is -2.07. The minimum absolute atomic E-state index is 0.0336. The van der Waals surface area contributed by atoms with Gasteiger partial charge in [0.2, 0.25) is 0 Å². The number of aromatic hydroxyl groups is 1. The Bertz CT molecular complexity index is 703. The Morgan fingerprint density at radius 3 is 2.71 bits per heavy atom. The van der Waals surface area contributed by atoms with Gasteiger partial charge in [0.15, 0.2) is 0 Å². The highest BCUT2D eigenvalue weighted by molar-refractivity contribution is 6.31. The zero-order chi connectivity index (χ0) is 15.4. The summed E-state index contributed by atoms with van der Waals surface area (Å²) in [6, 6.07) is 6.84. The third-order valence-corrected chi connectivity index (χ3v) is 2.93. The second-order valence-electron chi connectivity index (χ2n) is 4.19. The van der Waals surface area contributed by atoms with E-state index in [4.69, 9.17) is 16.7 Å². The van der Waals surface area contributed by atoms with Crippen molar-refractivity contribution in [3.63, 3.8) is 0 Å². The lowest BCUT2D eigenvalue weighted by atomic mass is 10.2. The Morgan fingerprint density at radius 1 is 1.24 bits per heavy atom. The van der Waals surface area contributed by atoms with Crippen LogP contribution < -0.4 is 5.32 Å². The van der Waals surface area contributed by atoms with E-state index < -0.39 is 11.9 Å². The van der Waals surface area contributed by atoms with E-state index in [1.165, 1.54) is 36.5 Å². The predicted molar refractivity (Wildman–Crippen MR) is 75.5 cm³/mol. The van der Waals surface area contributed by atoms with E-state index in [1.54, 1.807) is 0 Å². The number of carboxylic acids is 1. The summed E-state index contributed by atoms with van der Waals surface area (Å²) in [5.41, 5.74) is 0.515. The Balaban J connectivity index is 2.09. The lowest BCUT2D eigenvalue weighted by Crippen LogP contribution is -2.23. The molecule has 108 valence electrons. The van der Waals surface area contributed by atoms with Crippen LogP contribution in [0.15, 0.2) is 36.5 Å².